The first-order valence-corrected chi connectivity index (χ1v) is 9.30. The third kappa shape index (κ3) is 4.18. The van der Waals surface area contributed by atoms with E-state index in [2.05, 4.69) is 35.1 Å². The van der Waals surface area contributed by atoms with Gasteiger partial charge in [0.2, 0.25) is 10.0 Å². The van der Waals surface area contributed by atoms with Crippen molar-refractivity contribution in [2.45, 2.75) is 49.6 Å². The molecule has 1 saturated heterocycles. The summed E-state index contributed by atoms with van der Waals surface area (Å²) in [4.78, 5) is 0.102. The van der Waals surface area contributed by atoms with Crippen LogP contribution in [0.15, 0.2) is 27.6 Å². The molecule has 118 valence electrons. The standard InChI is InChI=1S/C14H21BrN2O3S/c1-3-14(2)9-10(6-7-20-14)17-13-5-4-11(8-12(13)15)21(16,18)19/h4-5,8,10,17H,3,6-7,9H2,1-2H3,(H2,16,18,19). The highest BCUT2D eigenvalue weighted by Crippen LogP contribution is 2.32. The molecule has 1 aliphatic rings. The fourth-order valence-electron chi connectivity index (χ4n) is 2.51. The molecule has 1 heterocycles. The lowest BCUT2D eigenvalue weighted by molar-refractivity contribution is -0.0708. The number of anilines is 1. The second-order valence-corrected chi connectivity index (χ2v) is 8.09. The molecule has 1 aromatic carbocycles. The number of nitrogens with one attached hydrogen (secondary N) is 1. The molecule has 1 aliphatic heterocycles. The second-order valence-electron chi connectivity index (χ2n) is 5.67. The molecule has 3 N–H and O–H groups in total. The minimum atomic E-state index is -3.68. The van der Waals surface area contributed by atoms with E-state index in [0.29, 0.717) is 10.5 Å². The van der Waals surface area contributed by atoms with Crippen LogP contribution < -0.4 is 10.5 Å². The summed E-state index contributed by atoms with van der Waals surface area (Å²) in [5.41, 5.74) is 0.774. The molecule has 0 amide bonds. The van der Waals surface area contributed by atoms with E-state index in [1.807, 2.05) is 0 Å². The van der Waals surface area contributed by atoms with Gasteiger partial charge in [-0.25, -0.2) is 13.6 Å². The molecule has 2 atom stereocenters. The van der Waals surface area contributed by atoms with Crippen LogP contribution in [0.4, 0.5) is 5.69 Å². The van der Waals surface area contributed by atoms with Gasteiger partial charge in [-0.3, -0.25) is 0 Å². The highest BCUT2D eigenvalue weighted by molar-refractivity contribution is 9.10. The van der Waals surface area contributed by atoms with E-state index < -0.39 is 10.0 Å². The van der Waals surface area contributed by atoms with E-state index >= 15 is 0 Å². The molecule has 21 heavy (non-hydrogen) atoms. The van der Waals surface area contributed by atoms with Gasteiger partial charge in [0.05, 0.1) is 10.5 Å². The normalized spacial score (nSPS) is 26.6. The summed E-state index contributed by atoms with van der Waals surface area (Å²) in [5, 5.41) is 8.58. The molecule has 0 bridgehead atoms. The molecular weight excluding hydrogens is 356 g/mol. The van der Waals surface area contributed by atoms with Gasteiger partial charge < -0.3 is 10.1 Å². The quantitative estimate of drug-likeness (QED) is 0.846. The molecular formula is C14H21BrN2O3S. The number of sulfonamides is 1. The van der Waals surface area contributed by atoms with Gasteiger partial charge in [0.1, 0.15) is 0 Å². The van der Waals surface area contributed by atoms with Crippen molar-refractivity contribution in [2.24, 2.45) is 5.14 Å². The molecule has 7 heteroatoms. The average Bonchev–Trinajstić information content (AvgIpc) is 2.40. The monoisotopic (exact) mass is 376 g/mol. The Hall–Kier alpha value is -0.630. The minimum Gasteiger partial charge on any atom is -0.381 e. The Morgan fingerprint density at radius 3 is 2.81 bits per heavy atom. The number of primary sulfonamides is 1. The maximum Gasteiger partial charge on any atom is 0.238 e. The highest BCUT2D eigenvalue weighted by Gasteiger charge is 2.31. The fourth-order valence-corrected chi connectivity index (χ4v) is 3.69. The molecule has 5 nitrogen and oxygen atoms in total. The predicted molar refractivity (Wildman–Crippen MR) is 86.8 cm³/mol. The van der Waals surface area contributed by atoms with Crippen molar-refractivity contribution < 1.29 is 13.2 Å². The lowest BCUT2D eigenvalue weighted by Gasteiger charge is -2.38. The number of rotatable bonds is 4. The number of nitrogens with two attached hydrogens (primary N) is 1. The topological polar surface area (TPSA) is 81.4 Å². The third-order valence-electron chi connectivity index (χ3n) is 3.97. The van der Waals surface area contributed by atoms with Crippen molar-refractivity contribution in [3.63, 3.8) is 0 Å². The smallest absolute Gasteiger partial charge is 0.238 e. The zero-order valence-corrected chi connectivity index (χ0v) is 14.6. The van der Waals surface area contributed by atoms with Gasteiger partial charge in [0, 0.05) is 22.8 Å². The SMILES string of the molecule is CCC1(C)CC(Nc2ccc(S(N)(=O)=O)cc2Br)CCO1. The molecule has 0 aromatic heterocycles. The molecule has 1 aromatic rings. The van der Waals surface area contributed by atoms with E-state index in [4.69, 9.17) is 9.88 Å². The Balaban J connectivity index is 2.13. The van der Waals surface area contributed by atoms with Gasteiger partial charge in [-0.1, -0.05) is 6.92 Å². The Bertz CT molecular complexity index is 621. The average molecular weight is 377 g/mol. The van der Waals surface area contributed by atoms with Crippen molar-refractivity contribution in [2.75, 3.05) is 11.9 Å². The molecule has 1 fully saturated rings. The van der Waals surface area contributed by atoms with Gasteiger partial charge in [-0.05, 0) is 60.3 Å². The Labute approximate surface area is 134 Å². The van der Waals surface area contributed by atoms with Crippen LogP contribution in [-0.2, 0) is 14.8 Å². The Morgan fingerprint density at radius 2 is 2.24 bits per heavy atom. The number of hydrogen-bond acceptors (Lipinski definition) is 4. The number of benzene rings is 1. The summed E-state index contributed by atoms with van der Waals surface area (Å²) < 4.78 is 29.2. The Morgan fingerprint density at radius 1 is 1.52 bits per heavy atom. The molecule has 2 unspecified atom stereocenters. The first-order valence-electron chi connectivity index (χ1n) is 6.96. The summed E-state index contributed by atoms with van der Waals surface area (Å²) in [6, 6.07) is 5.08. The van der Waals surface area contributed by atoms with Crippen LogP contribution in [0.25, 0.3) is 0 Å². The molecule has 0 saturated carbocycles. The molecule has 0 spiro atoms. The van der Waals surface area contributed by atoms with Crippen molar-refractivity contribution >= 4 is 31.6 Å². The molecule has 0 radical (unpaired) electrons. The van der Waals surface area contributed by atoms with Gasteiger partial charge in [0.15, 0.2) is 0 Å². The first kappa shape index (κ1) is 16.7. The summed E-state index contributed by atoms with van der Waals surface area (Å²) in [7, 11) is -3.68. The second kappa shape index (κ2) is 6.24. The highest BCUT2D eigenvalue weighted by atomic mass is 79.9. The maximum absolute atomic E-state index is 11.3. The number of ether oxygens (including phenoxy) is 1. The van der Waals surface area contributed by atoms with Crippen LogP contribution in [0.3, 0.4) is 0 Å². The van der Waals surface area contributed by atoms with Crippen LogP contribution in [0.1, 0.15) is 33.1 Å². The zero-order valence-electron chi connectivity index (χ0n) is 12.2. The van der Waals surface area contributed by atoms with Crippen LogP contribution in [0.2, 0.25) is 0 Å². The number of halogens is 1. The van der Waals surface area contributed by atoms with Crippen molar-refractivity contribution in [1.29, 1.82) is 0 Å². The van der Waals surface area contributed by atoms with Crippen molar-refractivity contribution in [1.82, 2.24) is 0 Å². The largest absolute Gasteiger partial charge is 0.381 e. The van der Waals surface area contributed by atoms with E-state index in [9.17, 15) is 8.42 Å². The van der Waals surface area contributed by atoms with E-state index in [1.54, 1.807) is 6.07 Å². The van der Waals surface area contributed by atoms with Crippen molar-refractivity contribution in [3.05, 3.63) is 22.7 Å². The number of hydrogen-bond donors (Lipinski definition) is 2. The third-order valence-corrected chi connectivity index (χ3v) is 5.54. The summed E-state index contributed by atoms with van der Waals surface area (Å²) >= 11 is 3.40. The van der Waals surface area contributed by atoms with Gasteiger partial charge in [0.25, 0.3) is 0 Å². The summed E-state index contributed by atoms with van der Waals surface area (Å²) in [6.45, 7) is 4.98. The summed E-state index contributed by atoms with van der Waals surface area (Å²) in [5.74, 6) is 0. The Kier molecular flexibility index (Phi) is 4.97. The van der Waals surface area contributed by atoms with Gasteiger partial charge in [-0.15, -0.1) is 0 Å². The van der Waals surface area contributed by atoms with Gasteiger partial charge in [-0.2, -0.15) is 0 Å². The summed E-state index contributed by atoms with van der Waals surface area (Å²) in [6.07, 6.45) is 2.82. The zero-order chi connectivity index (χ0) is 15.7. The van der Waals surface area contributed by atoms with E-state index in [-0.39, 0.29) is 10.5 Å². The maximum atomic E-state index is 11.3. The van der Waals surface area contributed by atoms with E-state index in [1.165, 1.54) is 12.1 Å². The minimum absolute atomic E-state index is 0.0943. The fraction of sp³-hybridized carbons (Fsp3) is 0.571. The lowest BCUT2D eigenvalue weighted by Crippen LogP contribution is -2.41. The predicted octanol–water partition coefficient (Wildman–Crippen LogP) is 2.86. The van der Waals surface area contributed by atoms with Crippen LogP contribution in [-0.4, -0.2) is 26.7 Å². The lowest BCUT2D eigenvalue weighted by atomic mass is 9.90. The first-order chi connectivity index (χ1) is 9.73. The molecule has 2 rings (SSSR count). The van der Waals surface area contributed by atoms with Crippen LogP contribution in [0, 0.1) is 0 Å². The van der Waals surface area contributed by atoms with Crippen LogP contribution >= 0.6 is 15.9 Å². The van der Waals surface area contributed by atoms with Crippen LogP contribution in [0.5, 0.6) is 0 Å². The van der Waals surface area contributed by atoms with Gasteiger partial charge >= 0.3 is 0 Å². The van der Waals surface area contributed by atoms with E-state index in [0.717, 1.165) is 31.6 Å². The molecule has 0 aliphatic carbocycles. The van der Waals surface area contributed by atoms with Crippen molar-refractivity contribution in [3.8, 4) is 0 Å².